The fraction of sp³-hybridized carbons (Fsp3) is 0.471. The lowest BCUT2D eigenvalue weighted by molar-refractivity contribution is -0.136. The van der Waals surface area contributed by atoms with Crippen molar-refractivity contribution in [3.63, 3.8) is 0 Å². The highest BCUT2D eigenvalue weighted by atomic mass is 16.4. The van der Waals surface area contributed by atoms with Crippen molar-refractivity contribution >= 4 is 11.8 Å². The second-order valence-electron chi connectivity index (χ2n) is 6.12. The smallest absolute Gasteiger partial charge is 0.303 e. The molecule has 0 aliphatic carbocycles. The van der Waals surface area contributed by atoms with Crippen molar-refractivity contribution in [1.82, 2.24) is 19.9 Å². The summed E-state index contributed by atoms with van der Waals surface area (Å²) < 4.78 is 0. The number of carboxylic acids is 1. The molecule has 1 aliphatic heterocycles. The maximum atomic E-state index is 10.8. The maximum absolute atomic E-state index is 10.8. The number of rotatable bonds is 5. The number of hydrogen-bond acceptors (Lipinski definition) is 6. The summed E-state index contributed by atoms with van der Waals surface area (Å²) in [5.41, 5.74) is 2.58. The highest BCUT2D eigenvalue weighted by molar-refractivity contribution is 5.66. The minimum atomic E-state index is -0.813. The van der Waals surface area contributed by atoms with Crippen LogP contribution in [0, 0.1) is 13.8 Å². The summed E-state index contributed by atoms with van der Waals surface area (Å²) in [5, 5.41) is 8.88. The van der Waals surface area contributed by atoms with Crippen LogP contribution < -0.4 is 4.90 Å². The number of anilines is 1. The quantitative estimate of drug-likeness (QED) is 0.900. The molecule has 2 aromatic rings. The zero-order valence-electron chi connectivity index (χ0n) is 13.9. The molecule has 3 heterocycles. The summed E-state index contributed by atoms with van der Waals surface area (Å²) in [4.78, 5) is 30.8. The summed E-state index contributed by atoms with van der Waals surface area (Å²) in [6, 6.07) is 3.91. The monoisotopic (exact) mass is 327 g/mol. The van der Waals surface area contributed by atoms with E-state index in [9.17, 15) is 4.79 Å². The van der Waals surface area contributed by atoms with Crippen LogP contribution in [0.4, 0.5) is 5.82 Å². The first-order chi connectivity index (χ1) is 11.5. The number of aromatic nitrogens is 4. The van der Waals surface area contributed by atoms with E-state index in [2.05, 4.69) is 24.8 Å². The van der Waals surface area contributed by atoms with Gasteiger partial charge in [0, 0.05) is 36.1 Å². The summed E-state index contributed by atoms with van der Waals surface area (Å²) in [6.07, 6.45) is 4.09. The zero-order valence-corrected chi connectivity index (χ0v) is 13.9. The van der Waals surface area contributed by atoms with E-state index in [0.29, 0.717) is 6.42 Å². The van der Waals surface area contributed by atoms with Gasteiger partial charge in [0.15, 0.2) is 5.82 Å². The van der Waals surface area contributed by atoms with Crippen LogP contribution >= 0.6 is 0 Å². The molecule has 0 aromatic carbocycles. The molecule has 126 valence electrons. The van der Waals surface area contributed by atoms with E-state index in [1.54, 1.807) is 6.33 Å². The number of aryl methyl sites for hydroxylation is 3. The Kier molecular flexibility index (Phi) is 4.69. The standard InChI is InChI=1S/C17H21N5O2/c1-11-9-15(19-10-18-11)22-7-3-4-14(22)17-20-12(2)8-13(21-17)5-6-16(23)24/h8-10,14H,3-7H2,1-2H3,(H,23,24)/t14-/m0/s1. The molecule has 1 aliphatic rings. The highest BCUT2D eigenvalue weighted by Gasteiger charge is 2.29. The van der Waals surface area contributed by atoms with Gasteiger partial charge in [-0.15, -0.1) is 0 Å². The first-order valence-corrected chi connectivity index (χ1v) is 8.14. The minimum absolute atomic E-state index is 0.0720. The number of hydrogen-bond donors (Lipinski definition) is 1. The van der Waals surface area contributed by atoms with E-state index < -0.39 is 5.97 Å². The molecule has 7 nitrogen and oxygen atoms in total. The second-order valence-corrected chi connectivity index (χ2v) is 6.12. The number of nitrogens with zero attached hydrogens (tertiary/aromatic N) is 5. The van der Waals surface area contributed by atoms with E-state index in [1.165, 1.54) is 0 Å². The van der Waals surface area contributed by atoms with Crippen molar-refractivity contribution < 1.29 is 9.90 Å². The molecule has 0 amide bonds. The summed E-state index contributed by atoms with van der Waals surface area (Å²) in [6.45, 7) is 4.77. The van der Waals surface area contributed by atoms with E-state index in [-0.39, 0.29) is 12.5 Å². The van der Waals surface area contributed by atoms with Gasteiger partial charge < -0.3 is 10.0 Å². The number of carboxylic acid groups (broad SMARTS) is 1. The Labute approximate surface area is 140 Å². The van der Waals surface area contributed by atoms with Crippen molar-refractivity contribution in [3.8, 4) is 0 Å². The molecule has 3 rings (SSSR count). The van der Waals surface area contributed by atoms with Crippen LogP contribution in [0.5, 0.6) is 0 Å². The van der Waals surface area contributed by atoms with E-state index in [0.717, 1.165) is 48.1 Å². The largest absolute Gasteiger partial charge is 0.481 e. The molecule has 0 saturated carbocycles. The fourth-order valence-electron chi connectivity index (χ4n) is 3.08. The highest BCUT2D eigenvalue weighted by Crippen LogP contribution is 2.33. The Balaban J connectivity index is 1.88. The van der Waals surface area contributed by atoms with Crippen molar-refractivity contribution in [2.75, 3.05) is 11.4 Å². The third-order valence-electron chi connectivity index (χ3n) is 4.15. The van der Waals surface area contributed by atoms with E-state index in [1.807, 2.05) is 26.0 Å². The summed E-state index contributed by atoms with van der Waals surface area (Å²) in [7, 11) is 0. The van der Waals surface area contributed by atoms with Crippen molar-refractivity contribution in [2.24, 2.45) is 0 Å². The molecule has 2 aromatic heterocycles. The third kappa shape index (κ3) is 3.67. The summed E-state index contributed by atoms with van der Waals surface area (Å²) in [5.74, 6) is 0.832. The molecule has 0 spiro atoms. The molecule has 1 atom stereocenters. The Bertz CT molecular complexity index is 750. The van der Waals surface area contributed by atoms with Crippen LogP contribution in [0.2, 0.25) is 0 Å². The van der Waals surface area contributed by atoms with Gasteiger partial charge in [-0.2, -0.15) is 0 Å². The van der Waals surface area contributed by atoms with Gasteiger partial charge >= 0.3 is 5.97 Å². The Morgan fingerprint density at radius 2 is 2.08 bits per heavy atom. The average molecular weight is 327 g/mol. The van der Waals surface area contributed by atoms with Crippen LogP contribution in [0.25, 0.3) is 0 Å². The second kappa shape index (κ2) is 6.90. The normalized spacial score (nSPS) is 17.2. The molecular weight excluding hydrogens is 306 g/mol. The van der Waals surface area contributed by atoms with Gasteiger partial charge in [0.2, 0.25) is 0 Å². The van der Waals surface area contributed by atoms with Crippen LogP contribution in [0.3, 0.4) is 0 Å². The fourth-order valence-corrected chi connectivity index (χ4v) is 3.08. The minimum Gasteiger partial charge on any atom is -0.481 e. The van der Waals surface area contributed by atoms with Gasteiger partial charge in [-0.05, 0) is 32.8 Å². The molecule has 1 N–H and O–H groups in total. The van der Waals surface area contributed by atoms with Crippen molar-refractivity contribution in [1.29, 1.82) is 0 Å². The predicted octanol–water partition coefficient (Wildman–Crippen LogP) is 2.24. The topological polar surface area (TPSA) is 92.1 Å². The van der Waals surface area contributed by atoms with Crippen LogP contribution in [-0.2, 0) is 11.2 Å². The average Bonchev–Trinajstić information content (AvgIpc) is 3.02. The molecule has 1 saturated heterocycles. The first-order valence-electron chi connectivity index (χ1n) is 8.14. The Morgan fingerprint density at radius 1 is 1.25 bits per heavy atom. The molecular formula is C17H21N5O2. The molecule has 7 heteroatoms. The van der Waals surface area contributed by atoms with Gasteiger partial charge in [-0.1, -0.05) is 0 Å². The lowest BCUT2D eigenvalue weighted by Crippen LogP contribution is -2.25. The lowest BCUT2D eigenvalue weighted by atomic mass is 10.1. The van der Waals surface area contributed by atoms with Crippen molar-refractivity contribution in [3.05, 3.63) is 41.4 Å². The van der Waals surface area contributed by atoms with Crippen LogP contribution in [0.1, 0.15) is 48.2 Å². The first kappa shape index (κ1) is 16.3. The SMILES string of the molecule is Cc1cc(N2CCC[C@H]2c2nc(C)cc(CCC(=O)O)n2)ncn1. The van der Waals surface area contributed by atoms with Gasteiger partial charge in [-0.25, -0.2) is 19.9 Å². The van der Waals surface area contributed by atoms with E-state index >= 15 is 0 Å². The van der Waals surface area contributed by atoms with Gasteiger partial charge in [0.05, 0.1) is 12.5 Å². The summed E-state index contributed by atoms with van der Waals surface area (Å²) >= 11 is 0. The molecule has 0 bridgehead atoms. The van der Waals surface area contributed by atoms with Crippen molar-refractivity contribution in [2.45, 2.75) is 45.6 Å². The molecule has 0 radical (unpaired) electrons. The van der Waals surface area contributed by atoms with E-state index in [4.69, 9.17) is 5.11 Å². The third-order valence-corrected chi connectivity index (χ3v) is 4.15. The van der Waals surface area contributed by atoms with Crippen LogP contribution in [0.15, 0.2) is 18.5 Å². The molecule has 24 heavy (non-hydrogen) atoms. The Morgan fingerprint density at radius 3 is 2.83 bits per heavy atom. The molecule has 1 fully saturated rings. The number of carbonyl (C=O) groups is 1. The molecule has 0 unspecified atom stereocenters. The Hall–Kier alpha value is -2.57. The predicted molar refractivity (Wildman–Crippen MR) is 88.8 cm³/mol. The maximum Gasteiger partial charge on any atom is 0.303 e. The lowest BCUT2D eigenvalue weighted by Gasteiger charge is -2.25. The zero-order chi connectivity index (χ0) is 17.1. The van der Waals surface area contributed by atoms with Gasteiger partial charge in [0.1, 0.15) is 12.1 Å². The number of aliphatic carboxylic acids is 1. The van der Waals surface area contributed by atoms with Crippen LogP contribution in [-0.4, -0.2) is 37.6 Å². The van der Waals surface area contributed by atoms with Gasteiger partial charge in [-0.3, -0.25) is 4.79 Å². The van der Waals surface area contributed by atoms with Gasteiger partial charge in [0.25, 0.3) is 0 Å².